The highest BCUT2D eigenvalue weighted by atomic mass is 35.5. The maximum atomic E-state index is 5.86. The average Bonchev–Trinajstić information content (AvgIpc) is 2.64. The zero-order valence-corrected chi connectivity index (χ0v) is 9.27. The number of anilines is 1. The molecule has 2 N–H and O–H groups in total. The van der Waals surface area contributed by atoms with Crippen molar-refractivity contribution in [3.8, 4) is 0 Å². The molecule has 16 heavy (non-hydrogen) atoms. The lowest BCUT2D eigenvalue weighted by atomic mass is 10.4. The van der Waals surface area contributed by atoms with Crippen LogP contribution in [-0.2, 0) is 0 Å². The van der Waals surface area contributed by atoms with E-state index < -0.39 is 0 Å². The SMILES string of the molecule is Nc1nonc1C(Cl)=Nc1cccc(Cl)n1. The van der Waals surface area contributed by atoms with Crippen LogP contribution in [0.25, 0.3) is 0 Å². The molecule has 0 unspecified atom stereocenters. The van der Waals surface area contributed by atoms with E-state index in [2.05, 4.69) is 24.9 Å². The van der Waals surface area contributed by atoms with Gasteiger partial charge >= 0.3 is 0 Å². The summed E-state index contributed by atoms with van der Waals surface area (Å²) in [5.41, 5.74) is 5.62. The van der Waals surface area contributed by atoms with Crippen LogP contribution in [-0.4, -0.2) is 20.5 Å². The van der Waals surface area contributed by atoms with Gasteiger partial charge in [0.05, 0.1) is 0 Å². The maximum Gasteiger partial charge on any atom is 0.198 e. The average molecular weight is 258 g/mol. The Morgan fingerprint density at radius 3 is 2.81 bits per heavy atom. The molecule has 2 rings (SSSR count). The van der Waals surface area contributed by atoms with Crippen LogP contribution in [0.4, 0.5) is 11.6 Å². The van der Waals surface area contributed by atoms with Crippen LogP contribution in [0.1, 0.15) is 5.69 Å². The zero-order chi connectivity index (χ0) is 11.5. The Morgan fingerprint density at radius 2 is 2.19 bits per heavy atom. The van der Waals surface area contributed by atoms with Crippen molar-refractivity contribution in [3.05, 3.63) is 29.0 Å². The van der Waals surface area contributed by atoms with E-state index in [-0.39, 0.29) is 16.7 Å². The molecule has 0 radical (unpaired) electrons. The van der Waals surface area contributed by atoms with Crippen LogP contribution in [0.2, 0.25) is 5.15 Å². The number of hydrogen-bond donors (Lipinski definition) is 1. The molecular formula is C8H5Cl2N5O. The molecule has 0 aliphatic carbocycles. The van der Waals surface area contributed by atoms with Gasteiger partial charge in [-0.25, -0.2) is 14.6 Å². The van der Waals surface area contributed by atoms with E-state index in [1.807, 2.05) is 0 Å². The molecule has 8 heteroatoms. The fourth-order valence-corrected chi connectivity index (χ4v) is 1.33. The third kappa shape index (κ3) is 2.29. The van der Waals surface area contributed by atoms with Crippen molar-refractivity contribution < 1.29 is 4.63 Å². The molecule has 0 spiro atoms. The molecule has 0 amide bonds. The van der Waals surface area contributed by atoms with Crippen LogP contribution in [0, 0.1) is 0 Å². The molecule has 2 heterocycles. The van der Waals surface area contributed by atoms with E-state index in [1.54, 1.807) is 18.2 Å². The molecule has 2 aromatic heterocycles. The van der Waals surface area contributed by atoms with Gasteiger partial charge in [-0.3, -0.25) is 0 Å². The second-order valence-corrected chi connectivity index (χ2v) is 3.46. The Bertz CT molecular complexity index is 539. The predicted molar refractivity (Wildman–Crippen MR) is 60.0 cm³/mol. The van der Waals surface area contributed by atoms with E-state index in [9.17, 15) is 0 Å². The van der Waals surface area contributed by atoms with Gasteiger partial charge in [-0.2, -0.15) is 0 Å². The summed E-state index contributed by atoms with van der Waals surface area (Å²) in [5.74, 6) is 0.413. The van der Waals surface area contributed by atoms with Crippen LogP contribution in [0.3, 0.4) is 0 Å². The summed E-state index contributed by atoms with van der Waals surface area (Å²) < 4.78 is 4.39. The minimum absolute atomic E-state index is 0.0357. The highest BCUT2D eigenvalue weighted by Crippen LogP contribution is 2.16. The number of aromatic nitrogens is 3. The molecule has 0 aliphatic heterocycles. The lowest BCUT2D eigenvalue weighted by molar-refractivity contribution is 0.308. The molecule has 0 saturated carbocycles. The molecule has 0 aromatic carbocycles. The van der Waals surface area contributed by atoms with E-state index in [0.717, 1.165) is 0 Å². The second-order valence-electron chi connectivity index (χ2n) is 2.72. The van der Waals surface area contributed by atoms with Crippen LogP contribution < -0.4 is 5.73 Å². The molecule has 0 saturated heterocycles. The van der Waals surface area contributed by atoms with Crippen molar-refractivity contribution >= 4 is 40.0 Å². The highest BCUT2D eigenvalue weighted by molar-refractivity contribution is 6.70. The predicted octanol–water partition coefficient (Wildman–Crippen LogP) is 2.02. The van der Waals surface area contributed by atoms with Gasteiger partial charge in [0.25, 0.3) is 0 Å². The van der Waals surface area contributed by atoms with Crippen molar-refractivity contribution in [1.29, 1.82) is 0 Å². The van der Waals surface area contributed by atoms with E-state index >= 15 is 0 Å². The third-order valence-corrected chi connectivity index (χ3v) is 2.10. The standard InChI is InChI=1S/C8H5Cl2N5O/c9-4-2-1-3-5(12-4)13-7(10)6-8(11)15-16-14-6/h1-3H,(H2,11,15). The molecule has 82 valence electrons. The van der Waals surface area contributed by atoms with Gasteiger partial charge in [-0.05, 0) is 22.4 Å². The van der Waals surface area contributed by atoms with Crippen molar-refractivity contribution in [2.75, 3.05) is 5.73 Å². The number of hydrogen-bond acceptors (Lipinski definition) is 6. The largest absolute Gasteiger partial charge is 0.379 e. The summed E-state index contributed by atoms with van der Waals surface area (Å²) in [4.78, 5) is 7.89. The Kier molecular flexibility index (Phi) is 3.02. The Labute approximate surface area is 100 Å². The second kappa shape index (κ2) is 4.46. The lowest BCUT2D eigenvalue weighted by Gasteiger charge is -1.95. The van der Waals surface area contributed by atoms with E-state index in [0.29, 0.717) is 11.0 Å². The molecule has 0 fully saturated rings. The Morgan fingerprint density at radius 1 is 1.38 bits per heavy atom. The Hall–Kier alpha value is -1.66. The first-order chi connectivity index (χ1) is 7.66. The Balaban J connectivity index is 2.35. The highest BCUT2D eigenvalue weighted by Gasteiger charge is 2.11. The smallest absolute Gasteiger partial charge is 0.198 e. The van der Waals surface area contributed by atoms with Crippen LogP contribution in [0.15, 0.2) is 27.8 Å². The van der Waals surface area contributed by atoms with E-state index in [4.69, 9.17) is 28.9 Å². The summed E-state index contributed by atoms with van der Waals surface area (Å²) in [6.45, 7) is 0. The molecule has 6 nitrogen and oxygen atoms in total. The number of halogens is 2. The molecule has 0 atom stereocenters. The van der Waals surface area contributed by atoms with Crippen molar-refractivity contribution in [2.45, 2.75) is 0 Å². The van der Waals surface area contributed by atoms with Crippen molar-refractivity contribution in [2.24, 2.45) is 4.99 Å². The van der Waals surface area contributed by atoms with Crippen LogP contribution in [0.5, 0.6) is 0 Å². The summed E-state index contributed by atoms with van der Waals surface area (Å²) in [6, 6.07) is 4.96. The summed E-state index contributed by atoms with van der Waals surface area (Å²) in [5, 5.41) is 7.23. The molecule has 2 aromatic rings. The first kappa shape index (κ1) is 10.8. The van der Waals surface area contributed by atoms with Gasteiger partial charge in [-0.15, -0.1) is 0 Å². The topological polar surface area (TPSA) is 90.2 Å². The molecular weight excluding hydrogens is 253 g/mol. The van der Waals surface area contributed by atoms with Gasteiger partial charge in [0.1, 0.15) is 5.15 Å². The molecule has 0 aliphatic rings. The summed E-state index contributed by atoms with van der Waals surface area (Å²) in [6.07, 6.45) is 0. The minimum atomic E-state index is 0.0357. The summed E-state index contributed by atoms with van der Waals surface area (Å²) in [7, 11) is 0. The van der Waals surface area contributed by atoms with Crippen LogP contribution >= 0.6 is 23.2 Å². The number of rotatable bonds is 2. The van der Waals surface area contributed by atoms with Crippen molar-refractivity contribution in [3.63, 3.8) is 0 Å². The fraction of sp³-hybridized carbons (Fsp3) is 0. The number of nitrogen functional groups attached to an aromatic ring is 1. The monoisotopic (exact) mass is 257 g/mol. The quantitative estimate of drug-likeness (QED) is 0.657. The summed E-state index contributed by atoms with van der Waals surface area (Å²) >= 11 is 11.6. The third-order valence-electron chi connectivity index (χ3n) is 1.62. The minimum Gasteiger partial charge on any atom is -0.379 e. The molecule has 0 bridgehead atoms. The zero-order valence-electron chi connectivity index (χ0n) is 7.76. The van der Waals surface area contributed by atoms with Gasteiger partial charge in [0, 0.05) is 0 Å². The number of aliphatic imine (C=N–C) groups is 1. The van der Waals surface area contributed by atoms with E-state index in [1.165, 1.54) is 0 Å². The van der Waals surface area contributed by atoms with Gasteiger partial charge in [0.15, 0.2) is 22.5 Å². The van der Waals surface area contributed by atoms with Gasteiger partial charge in [0.2, 0.25) is 0 Å². The lowest BCUT2D eigenvalue weighted by Crippen LogP contribution is -1.97. The number of nitrogens with two attached hydrogens (primary N) is 1. The first-order valence-electron chi connectivity index (χ1n) is 4.12. The van der Waals surface area contributed by atoms with Gasteiger partial charge < -0.3 is 5.73 Å². The fourth-order valence-electron chi connectivity index (χ4n) is 0.952. The van der Waals surface area contributed by atoms with Gasteiger partial charge in [-0.1, -0.05) is 29.3 Å². The van der Waals surface area contributed by atoms with Crippen molar-refractivity contribution in [1.82, 2.24) is 15.3 Å². The first-order valence-corrected chi connectivity index (χ1v) is 4.87. The normalized spacial score (nSPS) is 11.8. The number of nitrogens with zero attached hydrogens (tertiary/aromatic N) is 4. The maximum absolute atomic E-state index is 5.86. The number of pyridine rings is 1.